The van der Waals surface area contributed by atoms with Crippen molar-refractivity contribution in [1.82, 2.24) is 4.90 Å². The molecule has 158 valence electrons. The molecule has 1 aliphatic heterocycles. The van der Waals surface area contributed by atoms with Crippen LogP contribution in [0.25, 0.3) is 0 Å². The molecule has 0 saturated carbocycles. The second-order valence-electron chi connectivity index (χ2n) is 7.35. The Morgan fingerprint density at radius 1 is 1.07 bits per heavy atom. The third kappa shape index (κ3) is 4.42. The van der Waals surface area contributed by atoms with Gasteiger partial charge in [-0.25, -0.2) is 4.90 Å². The summed E-state index contributed by atoms with van der Waals surface area (Å²) in [5, 5.41) is 0. The maximum Gasteiger partial charge on any atom is 0.257 e. The Hall–Kier alpha value is -3.03. The van der Waals surface area contributed by atoms with Crippen LogP contribution in [0, 0.1) is 13.8 Å². The number of anilines is 1. The normalized spacial score (nSPS) is 16.4. The standard InChI is InChI=1S/C23H26N2O5/c1-15-8-10-18(11-9-15)25-20(26)13-19(23(25)28)24(14-21(29-3)30-4)22(27)17-7-5-6-16(2)12-17/h5-12,19,21H,13-14H2,1-4H3. The van der Waals surface area contributed by atoms with E-state index >= 15 is 0 Å². The number of nitrogens with zero attached hydrogens (tertiary/aromatic N) is 2. The van der Waals surface area contributed by atoms with Crippen LogP contribution in [-0.4, -0.2) is 55.7 Å². The van der Waals surface area contributed by atoms with Gasteiger partial charge in [-0.3, -0.25) is 14.4 Å². The van der Waals surface area contributed by atoms with Crippen molar-refractivity contribution < 1.29 is 23.9 Å². The smallest absolute Gasteiger partial charge is 0.257 e. The molecule has 2 aromatic carbocycles. The quantitative estimate of drug-likeness (QED) is 0.518. The molecule has 0 spiro atoms. The zero-order chi connectivity index (χ0) is 21.8. The Morgan fingerprint density at radius 3 is 2.33 bits per heavy atom. The largest absolute Gasteiger partial charge is 0.354 e. The van der Waals surface area contributed by atoms with Crippen molar-refractivity contribution in [3.63, 3.8) is 0 Å². The Labute approximate surface area is 176 Å². The number of methoxy groups -OCH3 is 2. The molecule has 1 saturated heterocycles. The summed E-state index contributed by atoms with van der Waals surface area (Å²) < 4.78 is 10.5. The summed E-state index contributed by atoms with van der Waals surface area (Å²) in [5.41, 5.74) is 2.88. The Kier molecular flexibility index (Phi) is 6.64. The molecule has 2 aromatic rings. The fourth-order valence-electron chi connectivity index (χ4n) is 3.53. The number of imide groups is 1. The van der Waals surface area contributed by atoms with Gasteiger partial charge in [-0.15, -0.1) is 0 Å². The van der Waals surface area contributed by atoms with Gasteiger partial charge < -0.3 is 14.4 Å². The maximum atomic E-state index is 13.3. The van der Waals surface area contributed by atoms with E-state index in [0.717, 1.165) is 16.0 Å². The van der Waals surface area contributed by atoms with E-state index in [1.165, 1.54) is 19.1 Å². The molecule has 1 unspecified atom stereocenters. The highest BCUT2D eigenvalue weighted by Crippen LogP contribution is 2.27. The summed E-state index contributed by atoms with van der Waals surface area (Å²) in [6.07, 6.45) is -0.820. The second kappa shape index (κ2) is 9.19. The highest BCUT2D eigenvalue weighted by atomic mass is 16.7. The monoisotopic (exact) mass is 410 g/mol. The average molecular weight is 410 g/mol. The first kappa shape index (κ1) is 21.7. The fourth-order valence-corrected chi connectivity index (χ4v) is 3.53. The lowest BCUT2D eigenvalue weighted by Gasteiger charge is -2.30. The van der Waals surface area contributed by atoms with Crippen LogP contribution in [0.15, 0.2) is 48.5 Å². The summed E-state index contributed by atoms with van der Waals surface area (Å²) in [6, 6.07) is 13.3. The highest BCUT2D eigenvalue weighted by molar-refractivity contribution is 6.23. The van der Waals surface area contributed by atoms with Gasteiger partial charge in [0.25, 0.3) is 11.8 Å². The third-order valence-electron chi connectivity index (χ3n) is 5.19. The van der Waals surface area contributed by atoms with E-state index in [1.54, 1.807) is 30.3 Å². The van der Waals surface area contributed by atoms with E-state index in [4.69, 9.17) is 9.47 Å². The van der Waals surface area contributed by atoms with Crippen LogP contribution in [0.5, 0.6) is 0 Å². The summed E-state index contributed by atoms with van der Waals surface area (Å²) in [4.78, 5) is 41.8. The summed E-state index contributed by atoms with van der Waals surface area (Å²) in [6.45, 7) is 3.83. The van der Waals surface area contributed by atoms with Crippen LogP contribution < -0.4 is 4.90 Å². The van der Waals surface area contributed by atoms with E-state index in [9.17, 15) is 14.4 Å². The minimum Gasteiger partial charge on any atom is -0.354 e. The van der Waals surface area contributed by atoms with Crippen LogP contribution in [0.4, 0.5) is 5.69 Å². The van der Waals surface area contributed by atoms with Crippen molar-refractivity contribution in [2.24, 2.45) is 0 Å². The average Bonchev–Trinajstić information content (AvgIpc) is 3.03. The van der Waals surface area contributed by atoms with Crippen LogP contribution in [0.1, 0.15) is 27.9 Å². The Balaban J connectivity index is 1.94. The molecule has 3 amide bonds. The number of carbonyl (C=O) groups excluding carboxylic acids is 3. The van der Waals surface area contributed by atoms with Crippen molar-refractivity contribution in [2.45, 2.75) is 32.6 Å². The zero-order valence-corrected chi connectivity index (χ0v) is 17.6. The molecule has 7 nitrogen and oxygen atoms in total. The van der Waals surface area contributed by atoms with E-state index in [2.05, 4.69) is 0 Å². The molecular weight excluding hydrogens is 384 g/mol. The van der Waals surface area contributed by atoms with E-state index < -0.39 is 18.2 Å². The van der Waals surface area contributed by atoms with Gasteiger partial charge in [0.05, 0.1) is 18.7 Å². The molecular formula is C23H26N2O5. The number of hydrogen-bond acceptors (Lipinski definition) is 5. The molecule has 0 bridgehead atoms. The number of amides is 3. The predicted octanol–water partition coefficient (Wildman–Crippen LogP) is 2.70. The molecule has 3 rings (SSSR count). The Bertz CT molecular complexity index is 937. The zero-order valence-electron chi connectivity index (χ0n) is 17.6. The lowest BCUT2D eigenvalue weighted by Crippen LogP contribution is -2.49. The molecule has 1 atom stereocenters. The van der Waals surface area contributed by atoms with Gasteiger partial charge in [-0.1, -0.05) is 35.4 Å². The molecule has 0 aliphatic carbocycles. The van der Waals surface area contributed by atoms with Gasteiger partial charge in [-0.05, 0) is 38.1 Å². The number of rotatable bonds is 7. The Morgan fingerprint density at radius 2 is 1.73 bits per heavy atom. The first-order valence-electron chi connectivity index (χ1n) is 9.72. The third-order valence-corrected chi connectivity index (χ3v) is 5.19. The molecule has 1 fully saturated rings. The number of carbonyl (C=O) groups is 3. The molecule has 0 N–H and O–H groups in total. The van der Waals surface area contributed by atoms with Crippen molar-refractivity contribution in [1.29, 1.82) is 0 Å². The van der Waals surface area contributed by atoms with E-state index in [1.807, 2.05) is 32.0 Å². The molecule has 1 heterocycles. The van der Waals surface area contributed by atoms with Gasteiger partial charge >= 0.3 is 0 Å². The predicted molar refractivity (Wildman–Crippen MR) is 112 cm³/mol. The van der Waals surface area contributed by atoms with Gasteiger partial charge in [0.1, 0.15) is 6.04 Å². The van der Waals surface area contributed by atoms with Gasteiger partial charge in [0.2, 0.25) is 5.91 Å². The van der Waals surface area contributed by atoms with E-state index in [-0.39, 0.29) is 24.8 Å². The molecule has 1 aliphatic rings. The second-order valence-corrected chi connectivity index (χ2v) is 7.35. The molecule has 7 heteroatoms. The number of benzene rings is 2. The SMILES string of the molecule is COC(CN(C(=O)c1cccc(C)c1)C1CC(=O)N(c2ccc(C)cc2)C1=O)OC. The van der Waals surface area contributed by atoms with E-state index in [0.29, 0.717) is 11.3 Å². The van der Waals surface area contributed by atoms with Crippen molar-refractivity contribution >= 4 is 23.4 Å². The number of hydrogen-bond donors (Lipinski definition) is 0. The number of aryl methyl sites for hydroxylation is 2. The summed E-state index contributed by atoms with van der Waals surface area (Å²) in [5.74, 6) is -1.13. The molecule has 30 heavy (non-hydrogen) atoms. The van der Waals surface area contributed by atoms with Crippen LogP contribution >= 0.6 is 0 Å². The first-order chi connectivity index (χ1) is 14.3. The van der Waals surface area contributed by atoms with Crippen LogP contribution in [0.3, 0.4) is 0 Å². The van der Waals surface area contributed by atoms with Crippen molar-refractivity contribution in [2.75, 3.05) is 25.7 Å². The van der Waals surface area contributed by atoms with Crippen LogP contribution in [0.2, 0.25) is 0 Å². The molecule has 0 aromatic heterocycles. The fraction of sp³-hybridized carbons (Fsp3) is 0.348. The van der Waals surface area contributed by atoms with Gasteiger partial charge in [0.15, 0.2) is 6.29 Å². The number of ether oxygens (including phenoxy) is 2. The van der Waals surface area contributed by atoms with Gasteiger partial charge in [0, 0.05) is 19.8 Å². The first-order valence-corrected chi connectivity index (χ1v) is 9.72. The topological polar surface area (TPSA) is 76.2 Å². The van der Waals surface area contributed by atoms with Crippen LogP contribution in [-0.2, 0) is 19.1 Å². The minimum atomic E-state index is -0.931. The molecule has 0 radical (unpaired) electrons. The maximum absolute atomic E-state index is 13.3. The van der Waals surface area contributed by atoms with Crippen molar-refractivity contribution in [3.8, 4) is 0 Å². The lowest BCUT2D eigenvalue weighted by molar-refractivity contribution is -0.128. The van der Waals surface area contributed by atoms with Crippen molar-refractivity contribution in [3.05, 3.63) is 65.2 Å². The summed E-state index contributed by atoms with van der Waals surface area (Å²) >= 11 is 0. The lowest BCUT2D eigenvalue weighted by atomic mass is 10.1. The minimum absolute atomic E-state index is 0.0190. The highest BCUT2D eigenvalue weighted by Gasteiger charge is 2.45. The summed E-state index contributed by atoms with van der Waals surface area (Å²) in [7, 11) is 2.92. The van der Waals surface area contributed by atoms with Gasteiger partial charge in [-0.2, -0.15) is 0 Å².